The van der Waals surface area contributed by atoms with Crippen LogP contribution in [0.4, 0.5) is 11.4 Å². The van der Waals surface area contributed by atoms with Crippen LogP contribution in [0.3, 0.4) is 0 Å². The van der Waals surface area contributed by atoms with E-state index >= 15 is 0 Å². The maximum absolute atomic E-state index is 11.8. The zero-order valence-electron chi connectivity index (χ0n) is 10.7. The summed E-state index contributed by atoms with van der Waals surface area (Å²) in [7, 11) is 0. The van der Waals surface area contributed by atoms with Crippen LogP contribution in [-0.2, 0) is 4.79 Å². The summed E-state index contributed by atoms with van der Waals surface area (Å²) in [5.74, 6) is 0.0192. The normalized spacial score (nSPS) is 15.3. The van der Waals surface area contributed by atoms with Gasteiger partial charge < -0.3 is 16.0 Å². The smallest absolute Gasteiger partial charge is 0.243 e. The van der Waals surface area contributed by atoms with Crippen molar-refractivity contribution in [1.82, 2.24) is 0 Å². The molecular formula is C13H18BrN3O. The summed E-state index contributed by atoms with van der Waals surface area (Å²) in [6, 6.07) is 5.94. The lowest BCUT2D eigenvalue weighted by Gasteiger charge is -2.43. The number of hydrogen-bond donors (Lipinski definition) is 2. The Morgan fingerprint density at radius 2 is 2.22 bits per heavy atom. The van der Waals surface area contributed by atoms with E-state index in [9.17, 15) is 4.79 Å². The van der Waals surface area contributed by atoms with Gasteiger partial charge in [0, 0.05) is 10.0 Å². The number of anilines is 2. The van der Waals surface area contributed by atoms with Crippen molar-refractivity contribution in [2.75, 3.05) is 23.3 Å². The van der Waals surface area contributed by atoms with Gasteiger partial charge in [-0.3, -0.25) is 4.79 Å². The topological polar surface area (TPSA) is 58.4 Å². The summed E-state index contributed by atoms with van der Waals surface area (Å²) in [4.78, 5) is 13.9. The third kappa shape index (κ3) is 2.52. The molecule has 0 aromatic heterocycles. The van der Waals surface area contributed by atoms with E-state index in [2.05, 4.69) is 40.0 Å². The molecule has 1 heterocycles. The Hall–Kier alpha value is -1.07. The van der Waals surface area contributed by atoms with Crippen molar-refractivity contribution in [3.8, 4) is 0 Å². The number of halogens is 1. The van der Waals surface area contributed by atoms with E-state index in [0.717, 1.165) is 22.3 Å². The molecule has 0 aliphatic carbocycles. The first-order chi connectivity index (χ1) is 8.44. The molecule has 0 fully saturated rings. The summed E-state index contributed by atoms with van der Waals surface area (Å²) in [5.41, 5.74) is 7.44. The van der Waals surface area contributed by atoms with E-state index in [4.69, 9.17) is 5.73 Å². The lowest BCUT2D eigenvalue weighted by molar-refractivity contribution is -0.115. The molecular weight excluding hydrogens is 294 g/mol. The van der Waals surface area contributed by atoms with Gasteiger partial charge in [0.05, 0.1) is 17.9 Å². The van der Waals surface area contributed by atoms with Crippen molar-refractivity contribution < 1.29 is 4.79 Å². The molecule has 4 nitrogen and oxygen atoms in total. The largest absolute Gasteiger partial charge is 0.355 e. The zero-order chi connectivity index (χ0) is 13.3. The molecule has 1 aromatic rings. The Bertz CT molecular complexity index is 473. The lowest BCUT2D eigenvalue weighted by atomic mass is 9.95. The molecule has 0 unspecified atom stereocenters. The first-order valence-corrected chi connectivity index (χ1v) is 6.80. The maximum atomic E-state index is 11.8. The van der Waals surface area contributed by atoms with Gasteiger partial charge in [-0.25, -0.2) is 0 Å². The van der Waals surface area contributed by atoms with Gasteiger partial charge in [0.15, 0.2) is 0 Å². The van der Waals surface area contributed by atoms with Gasteiger partial charge in [-0.05, 0) is 45.0 Å². The van der Waals surface area contributed by atoms with Crippen LogP contribution in [0.25, 0.3) is 0 Å². The number of carbonyl (C=O) groups excluding carboxylic acids is 1. The van der Waals surface area contributed by atoms with E-state index in [1.54, 1.807) is 0 Å². The Kier molecular flexibility index (Phi) is 3.64. The number of nitrogens with two attached hydrogens (primary N) is 1. The predicted molar refractivity (Wildman–Crippen MR) is 77.9 cm³/mol. The fraction of sp³-hybridized carbons (Fsp3) is 0.462. The number of rotatable bonds is 3. The number of carbonyl (C=O) groups is 1. The maximum Gasteiger partial charge on any atom is 0.243 e. The molecule has 1 aliphatic rings. The molecule has 0 saturated carbocycles. The van der Waals surface area contributed by atoms with Crippen LogP contribution in [0.5, 0.6) is 0 Å². The summed E-state index contributed by atoms with van der Waals surface area (Å²) in [5, 5.41) is 2.90. The van der Waals surface area contributed by atoms with Crippen molar-refractivity contribution in [3.05, 3.63) is 22.7 Å². The summed E-state index contributed by atoms with van der Waals surface area (Å²) in [6.07, 6.45) is 0.843. The number of nitrogens with one attached hydrogen (secondary N) is 1. The van der Waals surface area contributed by atoms with Gasteiger partial charge in [-0.2, -0.15) is 0 Å². The minimum absolute atomic E-state index is 0.0192. The molecule has 1 amide bonds. The van der Waals surface area contributed by atoms with Gasteiger partial charge in [0.2, 0.25) is 5.91 Å². The number of amides is 1. The van der Waals surface area contributed by atoms with Crippen LogP contribution in [-0.4, -0.2) is 24.5 Å². The first kappa shape index (κ1) is 13.4. The number of hydrogen-bond acceptors (Lipinski definition) is 3. The highest BCUT2D eigenvalue weighted by Gasteiger charge is 2.32. The van der Waals surface area contributed by atoms with Crippen molar-refractivity contribution >= 4 is 33.2 Å². The molecule has 98 valence electrons. The molecule has 0 saturated heterocycles. The van der Waals surface area contributed by atoms with Crippen LogP contribution in [0.2, 0.25) is 0 Å². The highest BCUT2D eigenvalue weighted by atomic mass is 79.9. The van der Waals surface area contributed by atoms with Crippen LogP contribution >= 0.6 is 15.9 Å². The minimum atomic E-state index is -0.130. The van der Waals surface area contributed by atoms with E-state index in [0.29, 0.717) is 13.1 Å². The van der Waals surface area contributed by atoms with Gasteiger partial charge in [0.25, 0.3) is 0 Å². The second-order valence-corrected chi connectivity index (χ2v) is 6.06. The van der Waals surface area contributed by atoms with E-state index < -0.39 is 0 Å². The fourth-order valence-corrected chi connectivity index (χ4v) is 2.65. The van der Waals surface area contributed by atoms with Crippen molar-refractivity contribution in [1.29, 1.82) is 0 Å². The Balaban J connectivity index is 2.42. The van der Waals surface area contributed by atoms with Crippen LogP contribution < -0.4 is 16.0 Å². The molecule has 0 spiro atoms. The van der Waals surface area contributed by atoms with Crippen LogP contribution in [0, 0.1) is 0 Å². The fourth-order valence-electron chi connectivity index (χ4n) is 2.29. The van der Waals surface area contributed by atoms with Crippen molar-refractivity contribution in [3.63, 3.8) is 0 Å². The highest BCUT2D eigenvalue weighted by Crippen LogP contribution is 2.36. The molecule has 5 heteroatoms. The second-order valence-electron chi connectivity index (χ2n) is 5.15. The van der Waals surface area contributed by atoms with Gasteiger partial charge in [-0.1, -0.05) is 15.9 Å². The molecule has 0 radical (unpaired) electrons. The molecule has 1 aromatic carbocycles. The zero-order valence-corrected chi connectivity index (χ0v) is 12.3. The summed E-state index contributed by atoms with van der Waals surface area (Å²) in [6.45, 7) is 5.22. The van der Waals surface area contributed by atoms with Gasteiger partial charge in [-0.15, -0.1) is 0 Å². The van der Waals surface area contributed by atoms with Crippen LogP contribution in [0.15, 0.2) is 22.7 Å². The molecule has 2 rings (SSSR count). The molecule has 18 heavy (non-hydrogen) atoms. The second kappa shape index (κ2) is 4.90. The standard InChI is InChI=1S/C13H18BrN3O/c1-13(2,5-6-15)17-8-12(18)16-10-7-9(14)3-4-11(10)17/h3-4,7H,5-6,8,15H2,1-2H3,(H,16,18). The van der Waals surface area contributed by atoms with E-state index in [1.807, 2.05) is 18.2 Å². The summed E-state index contributed by atoms with van der Waals surface area (Å²) >= 11 is 3.42. The molecule has 0 atom stereocenters. The van der Waals surface area contributed by atoms with E-state index in [-0.39, 0.29) is 11.4 Å². The van der Waals surface area contributed by atoms with Crippen molar-refractivity contribution in [2.24, 2.45) is 5.73 Å². The number of nitrogens with zero attached hydrogens (tertiary/aromatic N) is 1. The SMILES string of the molecule is CC(C)(CCN)N1CC(=O)Nc2cc(Br)ccc21. The van der Waals surface area contributed by atoms with Gasteiger partial charge in [0.1, 0.15) is 0 Å². The number of fused-ring (bicyclic) bond motifs is 1. The highest BCUT2D eigenvalue weighted by molar-refractivity contribution is 9.10. The van der Waals surface area contributed by atoms with Crippen LogP contribution in [0.1, 0.15) is 20.3 Å². The van der Waals surface area contributed by atoms with Crippen molar-refractivity contribution in [2.45, 2.75) is 25.8 Å². The third-order valence-corrected chi connectivity index (χ3v) is 3.81. The Morgan fingerprint density at radius 3 is 2.89 bits per heavy atom. The molecule has 1 aliphatic heterocycles. The molecule has 3 N–H and O–H groups in total. The van der Waals surface area contributed by atoms with Gasteiger partial charge >= 0.3 is 0 Å². The predicted octanol–water partition coefficient (Wildman–Crippen LogP) is 2.33. The monoisotopic (exact) mass is 311 g/mol. The minimum Gasteiger partial charge on any atom is -0.355 e. The summed E-state index contributed by atoms with van der Waals surface area (Å²) < 4.78 is 0.958. The lowest BCUT2D eigenvalue weighted by Crippen LogP contribution is -2.51. The third-order valence-electron chi connectivity index (χ3n) is 3.31. The van der Waals surface area contributed by atoms with E-state index in [1.165, 1.54) is 0 Å². The molecule has 0 bridgehead atoms. The quantitative estimate of drug-likeness (QED) is 0.900. The average molecular weight is 312 g/mol. The first-order valence-electron chi connectivity index (χ1n) is 6.01. The Morgan fingerprint density at radius 1 is 1.50 bits per heavy atom. The number of benzene rings is 1. The Labute approximate surface area is 116 Å². The average Bonchev–Trinajstić information content (AvgIpc) is 2.27.